The standard InChI is InChI=1S/C16H18N4/c1-9-5-10(2)7-13(6-9)14-15(17)20-12(4)8-11(3)18-16(20)19-14/h5-8H,17H2,1-4H3. The minimum Gasteiger partial charge on any atom is -0.383 e. The maximum absolute atomic E-state index is 6.28. The Balaban J connectivity index is 2.32. The van der Waals surface area contributed by atoms with Gasteiger partial charge in [-0.3, -0.25) is 4.40 Å². The van der Waals surface area contributed by atoms with Crippen molar-refractivity contribution in [2.24, 2.45) is 0 Å². The molecule has 0 unspecified atom stereocenters. The van der Waals surface area contributed by atoms with Crippen molar-refractivity contribution >= 4 is 11.6 Å². The van der Waals surface area contributed by atoms with Crippen LogP contribution < -0.4 is 5.73 Å². The van der Waals surface area contributed by atoms with Crippen LogP contribution in [-0.4, -0.2) is 14.4 Å². The quantitative estimate of drug-likeness (QED) is 0.735. The minimum atomic E-state index is 0.648. The minimum absolute atomic E-state index is 0.648. The summed E-state index contributed by atoms with van der Waals surface area (Å²) in [5.41, 5.74) is 12.5. The van der Waals surface area contributed by atoms with E-state index in [1.54, 1.807) is 0 Å². The van der Waals surface area contributed by atoms with Crippen molar-refractivity contribution in [2.75, 3.05) is 5.73 Å². The molecule has 3 aromatic rings. The maximum Gasteiger partial charge on any atom is 0.236 e. The predicted molar refractivity (Wildman–Crippen MR) is 81.8 cm³/mol. The molecule has 0 radical (unpaired) electrons. The highest BCUT2D eigenvalue weighted by molar-refractivity contribution is 5.75. The molecule has 2 heterocycles. The van der Waals surface area contributed by atoms with Gasteiger partial charge in [-0.05, 0) is 45.9 Å². The molecule has 0 bridgehead atoms. The van der Waals surface area contributed by atoms with Crippen molar-refractivity contribution in [1.29, 1.82) is 0 Å². The summed E-state index contributed by atoms with van der Waals surface area (Å²) in [7, 11) is 0. The highest BCUT2D eigenvalue weighted by Gasteiger charge is 2.14. The second-order valence-corrected chi connectivity index (χ2v) is 5.40. The Bertz CT molecular complexity index is 795. The van der Waals surface area contributed by atoms with Crippen LogP contribution in [-0.2, 0) is 0 Å². The zero-order chi connectivity index (χ0) is 14.4. The van der Waals surface area contributed by atoms with Gasteiger partial charge < -0.3 is 5.73 Å². The molecule has 0 amide bonds. The Kier molecular flexibility index (Phi) is 2.74. The Hall–Kier alpha value is -2.36. The number of nitrogens with two attached hydrogens (primary N) is 1. The van der Waals surface area contributed by atoms with Crippen molar-refractivity contribution in [1.82, 2.24) is 14.4 Å². The van der Waals surface area contributed by atoms with Crippen LogP contribution in [0.4, 0.5) is 5.82 Å². The zero-order valence-corrected chi connectivity index (χ0v) is 12.2. The molecule has 0 aliphatic heterocycles. The second-order valence-electron chi connectivity index (χ2n) is 5.40. The number of fused-ring (bicyclic) bond motifs is 1. The van der Waals surface area contributed by atoms with E-state index in [9.17, 15) is 0 Å². The number of imidazole rings is 1. The number of anilines is 1. The lowest BCUT2D eigenvalue weighted by molar-refractivity contribution is 1.02. The zero-order valence-electron chi connectivity index (χ0n) is 12.2. The van der Waals surface area contributed by atoms with Gasteiger partial charge in [0.2, 0.25) is 5.78 Å². The van der Waals surface area contributed by atoms with E-state index in [0.29, 0.717) is 11.6 Å². The van der Waals surface area contributed by atoms with Crippen LogP contribution in [0.1, 0.15) is 22.5 Å². The Morgan fingerprint density at radius 2 is 1.55 bits per heavy atom. The van der Waals surface area contributed by atoms with Gasteiger partial charge in [0.05, 0.1) is 0 Å². The largest absolute Gasteiger partial charge is 0.383 e. The topological polar surface area (TPSA) is 56.2 Å². The van der Waals surface area contributed by atoms with Crippen LogP contribution in [0.25, 0.3) is 17.0 Å². The SMILES string of the molecule is Cc1cc(C)cc(-c2nc3nc(C)cc(C)n3c2N)c1. The molecule has 1 aromatic carbocycles. The van der Waals surface area contributed by atoms with Crippen LogP contribution in [0, 0.1) is 27.7 Å². The first-order chi connectivity index (χ1) is 9.45. The van der Waals surface area contributed by atoms with Gasteiger partial charge in [-0.25, -0.2) is 9.97 Å². The van der Waals surface area contributed by atoms with Crippen molar-refractivity contribution in [2.45, 2.75) is 27.7 Å². The fourth-order valence-corrected chi connectivity index (χ4v) is 2.72. The number of rotatable bonds is 1. The average molecular weight is 266 g/mol. The van der Waals surface area contributed by atoms with Gasteiger partial charge in [0.1, 0.15) is 11.5 Å². The van der Waals surface area contributed by atoms with Crippen LogP contribution in [0.5, 0.6) is 0 Å². The molecule has 4 nitrogen and oxygen atoms in total. The van der Waals surface area contributed by atoms with E-state index in [4.69, 9.17) is 5.73 Å². The number of hydrogen-bond donors (Lipinski definition) is 1. The molecule has 0 saturated carbocycles. The third kappa shape index (κ3) is 1.93. The lowest BCUT2D eigenvalue weighted by Crippen LogP contribution is -2.00. The van der Waals surface area contributed by atoms with Crippen molar-refractivity contribution in [3.05, 3.63) is 46.8 Å². The lowest BCUT2D eigenvalue weighted by Gasteiger charge is -2.04. The number of hydrogen-bond acceptors (Lipinski definition) is 3. The van der Waals surface area contributed by atoms with E-state index in [0.717, 1.165) is 22.6 Å². The van der Waals surface area contributed by atoms with E-state index in [1.165, 1.54) is 11.1 Å². The Labute approximate surface area is 118 Å². The van der Waals surface area contributed by atoms with Crippen LogP contribution in [0.3, 0.4) is 0 Å². The van der Waals surface area contributed by atoms with Gasteiger partial charge in [-0.15, -0.1) is 0 Å². The molecule has 0 spiro atoms. The molecule has 3 rings (SSSR count). The number of aryl methyl sites for hydroxylation is 4. The number of benzene rings is 1. The molecule has 4 heteroatoms. The summed E-state index contributed by atoms with van der Waals surface area (Å²) in [6.07, 6.45) is 0. The summed E-state index contributed by atoms with van der Waals surface area (Å²) in [5, 5.41) is 0. The Morgan fingerprint density at radius 3 is 2.20 bits per heavy atom. The molecule has 102 valence electrons. The monoisotopic (exact) mass is 266 g/mol. The molecule has 0 aliphatic carbocycles. The van der Waals surface area contributed by atoms with Crippen LogP contribution in [0.2, 0.25) is 0 Å². The number of aromatic nitrogens is 3. The van der Waals surface area contributed by atoms with E-state index in [2.05, 4.69) is 42.0 Å². The maximum atomic E-state index is 6.28. The van der Waals surface area contributed by atoms with Crippen LogP contribution >= 0.6 is 0 Å². The predicted octanol–water partition coefficient (Wildman–Crippen LogP) is 3.21. The normalized spacial score (nSPS) is 11.2. The molecule has 0 atom stereocenters. The summed E-state index contributed by atoms with van der Waals surface area (Å²) >= 11 is 0. The third-order valence-corrected chi connectivity index (χ3v) is 3.44. The third-order valence-electron chi connectivity index (χ3n) is 3.44. The number of nitrogen functional groups attached to an aromatic ring is 1. The Morgan fingerprint density at radius 1 is 0.900 bits per heavy atom. The summed E-state index contributed by atoms with van der Waals surface area (Å²) < 4.78 is 1.90. The summed E-state index contributed by atoms with van der Waals surface area (Å²) in [5.74, 6) is 1.31. The molecule has 0 fully saturated rings. The second kappa shape index (κ2) is 4.34. The van der Waals surface area contributed by atoms with Crippen LogP contribution in [0.15, 0.2) is 24.3 Å². The first kappa shape index (κ1) is 12.7. The highest BCUT2D eigenvalue weighted by Crippen LogP contribution is 2.28. The van der Waals surface area contributed by atoms with Crippen molar-refractivity contribution < 1.29 is 0 Å². The molecule has 20 heavy (non-hydrogen) atoms. The van der Waals surface area contributed by atoms with Crippen molar-refractivity contribution in [3.8, 4) is 11.3 Å². The molecule has 0 saturated heterocycles. The van der Waals surface area contributed by atoms with E-state index in [-0.39, 0.29) is 0 Å². The summed E-state index contributed by atoms with van der Waals surface area (Å²) in [4.78, 5) is 9.07. The number of nitrogens with zero attached hydrogens (tertiary/aromatic N) is 3. The molecular weight excluding hydrogens is 248 g/mol. The van der Waals surface area contributed by atoms with Gasteiger partial charge >= 0.3 is 0 Å². The average Bonchev–Trinajstić information content (AvgIpc) is 2.65. The van der Waals surface area contributed by atoms with Gasteiger partial charge in [0.15, 0.2) is 0 Å². The van der Waals surface area contributed by atoms with E-state index >= 15 is 0 Å². The smallest absolute Gasteiger partial charge is 0.236 e. The van der Waals surface area contributed by atoms with E-state index < -0.39 is 0 Å². The van der Waals surface area contributed by atoms with Crippen molar-refractivity contribution in [3.63, 3.8) is 0 Å². The first-order valence-corrected chi connectivity index (χ1v) is 6.66. The fourth-order valence-electron chi connectivity index (χ4n) is 2.72. The summed E-state index contributed by atoms with van der Waals surface area (Å²) in [6.45, 7) is 8.14. The lowest BCUT2D eigenvalue weighted by atomic mass is 10.1. The highest BCUT2D eigenvalue weighted by atomic mass is 15.2. The van der Waals surface area contributed by atoms with E-state index in [1.807, 2.05) is 24.3 Å². The molecule has 2 aromatic heterocycles. The molecule has 2 N–H and O–H groups in total. The summed E-state index contributed by atoms with van der Waals surface area (Å²) in [6, 6.07) is 8.36. The first-order valence-electron chi connectivity index (χ1n) is 6.66. The fraction of sp³-hybridized carbons (Fsp3) is 0.250. The van der Waals surface area contributed by atoms with Gasteiger partial charge in [0, 0.05) is 17.0 Å². The molecular formula is C16H18N4. The van der Waals surface area contributed by atoms with Gasteiger partial charge in [0.25, 0.3) is 0 Å². The van der Waals surface area contributed by atoms with Gasteiger partial charge in [-0.2, -0.15) is 0 Å². The molecule has 0 aliphatic rings. The van der Waals surface area contributed by atoms with Gasteiger partial charge in [-0.1, -0.05) is 17.2 Å².